The Kier molecular flexibility index (Phi) is 7.22. The Bertz CT molecular complexity index is 1070. The molecule has 3 aromatic rings. The summed E-state index contributed by atoms with van der Waals surface area (Å²) in [6, 6.07) is 12.6. The third-order valence-electron chi connectivity index (χ3n) is 4.81. The van der Waals surface area contributed by atoms with E-state index < -0.39 is 5.79 Å². The second-order valence-electron chi connectivity index (χ2n) is 7.06. The molecule has 2 N–H and O–H groups in total. The smallest absolute Gasteiger partial charge is 0.318 e. The second kappa shape index (κ2) is 10.1. The van der Waals surface area contributed by atoms with Crippen LogP contribution in [0.15, 0.2) is 60.0 Å². The summed E-state index contributed by atoms with van der Waals surface area (Å²) in [5.41, 5.74) is 1.41. The molecule has 0 bridgehead atoms. The van der Waals surface area contributed by atoms with Gasteiger partial charge in [0.1, 0.15) is 19.2 Å². The first kappa shape index (κ1) is 22.9. The normalized spacial score (nSPS) is 20.3. The molecule has 0 radical (unpaired) electrons. The van der Waals surface area contributed by atoms with Crippen LogP contribution in [-0.4, -0.2) is 46.3 Å². The lowest BCUT2D eigenvalue weighted by atomic mass is 10.1. The van der Waals surface area contributed by atoms with Crippen molar-refractivity contribution >= 4 is 46.7 Å². The summed E-state index contributed by atoms with van der Waals surface area (Å²) in [7, 11) is 1.57. The van der Waals surface area contributed by atoms with Crippen molar-refractivity contribution in [3.05, 3.63) is 70.7 Å². The molecule has 1 aromatic heterocycles. The monoisotopic (exact) mass is 493 g/mol. The zero-order chi connectivity index (χ0) is 22.6. The molecule has 2 amide bonds. The van der Waals surface area contributed by atoms with E-state index in [-0.39, 0.29) is 12.1 Å². The van der Waals surface area contributed by atoms with Crippen LogP contribution in [0.1, 0.15) is 5.56 Å². The number of carbonyl (C=O) groups excluding carboxylic acids is 1. The van der Waals surface area contributed by atoms with Crippen LogP contribution in [0.3, 0.4) is 0 Å². The largest absolute Gasteiger partial charge is 0.342 e. The van der Waals surface area contributed by atoms with Crippen LogP contribution < -0.4 is 10.6 Å². The highest BCUT2D eigenvalue weighted by molar-refractivity contribution is 7.99. The maximum atomic E-state index is 11.4. The van der Waals surface area contributed by atoms with Crippen LogP contribution in [0.5, 0.6) is 0 Å². The summed E-state index contributed by atoms with van der Waals surface area (Å²) >= 11 is 14.2. The van der Waals surface area contributed by atoms with Crippen molar-refractivity contribution in [2.45, 2.75) is 23.3 Å². The van der Waals surface area contributed by atoms with Gasteiger partial charge in [-0.3, -0.25) is 0 Å². The third-order valence-corrected chi connectivity index (χ3v) is 6.50. The van der Waals surface area contributed by atoms with Crippen molar-refractivity contribution in [3.63, 3.8) is 0 Å². The Labute approximate surface area is 199 Å². The van der Waals surface area contributed by atoms with E-state index in [2.05, 4.69) is 20.7 Å². The number of aromatic nitrogens is 3. The van der Waals surface area contributed by atoms with Crippen LogP contribution in [-0.2, 0) is 21.8 Å². The number of anilines is 1. The van der Waals surface area contributed by atoms with Crippen molar-refractivity contribution in [1.82, 2.24) is 20.1 Å². The van der Waals surface area contributed by atoms with Gasteiger partial charge in [0.25, 0.3) is 0 Å². The van der Waals surface area contributed by atoms with Crippen molar-refractivity contribution in [3.8, 4) is 0 Å². The van der Waals surface area contributed by atoms with Crippen molar-refractivity contribution in [2.75, 3.05) is 24.7 Å². The summed E-state index contributed by atoms with van der Waals surface area (Å²) < 4.78 is 14.3. The number of carbonyl (C=O) groups is 1. The predicted molar refractivity (Wildman–Crippen MR) is 124 cm³/mol. The maximum Gasteiger partial charge on any atom is 0.318 e. The van der Waals surface area contributed by atoms with Gasteiger partial charge < -0.3 is 20.1 Å². The number of hydrogen-bond acceptors (Lipinski definition) is 6. The standard InChI is InChI=1S/C21H21Cl2N5O3S/c1-24-20(29)27-15-3-5-17(6-4-15)32-10-16-9-30-21(31-16,11-28-13-25-12-26-28)18-7-2-14(22)8-19(18)23/h2-8,12-13,16H,9-11H2,1H3,(H2,24,27,29). The molecule has 168 valence electrons. The SMILES string of the molecule is CNC(=O)Nc1ccc(SCC2COC(Cn3cncn3)(c3ccc(Cl)cc3Cl)O2)cc1. The number of benzene rings is 2. The molecule has 8 nitrogen and oxygen atoms in total. The number of ether oxygens (including phenoxy) is 2. The van der Waals surface area contributed by atoms with Gasteiger partial charge in [-0.1, -0.05) is 29.3 Å². The lowest BCUT2D eigenvalue weighted by Gasteiger charge is -2.29. The van der Waals surface area contributed by atoms with Gasteiger partial charge in [-0.15, -0.1) is 11.8 Å². The summed E-state index contributed by atoms with van der Waals surface area (Å²) in [6.07, 6.45) is 2.90. The van der Waals surface area contributed by atoms with Gasteiger partial charge in [0.2, 0.25) is 5.79 Å². The molecule has 4 rings (SSSR count). The number of thioether (sulfide) groups is 1. The fraction of sp³-hybridized carbons (Fsp3) is 0.286. The number of amides is 2. The molecule has 0 aliphatic carbocycles. The van der Waals surface area contributed by atoms with Crippen LogP contribution in [0.2, 0.25) is 10.0 Å². The molecular weight excluding hydrogens is 473 g/mol. The molecule has 1 aliphatic heterocycles. The van der Waals surface area contributed by atoms with Gasteiger partial charge in [-0.2, -0.15) is 5.10 Å². The minimum atomic E-state index is -1.10. The Morgan fingerprint density at radius 3 is 2.78 bits per heavy atom. The fourth-order valence-electron chi connectivity index (χ4n) is 3.30. The van der Waals surface area contributed by atoms with Gasteiger partial charge in [0.05, 0.1) is 17.7 Å². The first-order valence-corrected chi connectivity index (χ1v) is 11.5. The van der Waals surface area contributed by atoms with Crippen molar-refractivity contribution in [1.29, 1.82) is 0 Å². The van der Waals surface area contributed by atoms with Crippen LogP contribution in [0, 0.1) is 0 Å². The summed E-state index contributed by atoms with van der Waals surface area (Å²) in [5, 5.41) is 10.4. The Balaban J connectivity index is 1.45. The molecule has 0 spiro atoms. The molecule has 2 heterocycles. The highest BCUT2D eigenvalue weighted by Gasteiger charge is 2.45. The maximum absolute atomic E-state index is 11.4. The minimum absolute atomic E-state index is 0.168. The Morgan fingerprint density at radius 2 is 2.09 bits per heavy atom. The number of urea groups is 1. The third kappa shape index (κ3) is 5.36. The molecule has 2 atom stereocenters. The first-order chi connectivity index (χ1) is 15.5. The van der Waals surface area contributed by atoms with Gasteiger partial charge in [0, 0.05) is 34.0 Å². The average Bonchev–Trinajstić information content (AvgIpc) is 3.44. The Morgan fingerprint density at radius 1 is 1.28 bits per heavy atom. The molecule has 0 saturated carbocycles. The molecule has 2 aromatic carbocycles. The predicted octanol–water partition coefficient (Wildman–Crippen LogP) is 4.40. The van der Waals surface area contributed by atoms with Crippen LogP contribution >= 0.6 is 35.0 Å². The summed E-state index contributed by atoms with van der Waals surface area (Å²) in [4.78, 5) is 16.5. The van der Waals surface area contributed by atoms with Crippen LogP contribution in [0.4, 0.5) is 10.5 Å². The topological polar surface area (TPSA) is 90.3 Å². The number of nitrogens with one attached hydrogen (secondary N) is 2. The molecule has 2 unspecified atom stereocenters. The second-order valence-corrected chi connectivity index (χ2v) is 9.00. The van der Waals surface area contributed by atoms with Crippen LogP contribution in [0.25, 0.3) is 0 Å². The van der Waals surface area contributed by atoms with E-state index in [4.69, 9.17) is 32.7 Å². The molecule has 11 heteroatoms. The van der Waals surface area contributed by atoms with E-state index in [1.54, 1.807) is 42.0 Å². The van der Waals surface area contributed by atoms with E-state index in [0.717, 1.165) is 10.6 Å². The Hall–Kier alpha value is -2.30. The van der Waals surface area contributed by atoms with Gasteiger partial charge in [-0.25, -0.2) is 14.5 Å². The van der Waals surface area contributed by atoms with E-state index in [9.17, 15) is 4.79 Å². The lowest BCUT2D eigenvalue weighted by Crippen LogP contribution is -2.34. The van der Waals surface area contributed by atoms with Gasteiger partial charge in [-0.05, 0) is 36.4 Å². The lowest BCUT2D eigenvalue weighted by molar-refractivity contribution is -0.186. The van der Waals surface area contributed by atoms with Crippen molar-refractivity contribution in [2.24, 2.45) is 0 Å². The van der Waals surface area contributed by atoms with E-state index in [1.807, 2.05) is 30.3 Å². The summed E-state index contributed by atoms with van der Waals surface area (Å²) in [5.74, 6) is -0.422. The number of hydrogen-bond donors (Lipinski definition) is 2. The number of nitrogens with zero attached hydrogens (tertiary/aromatic N) is 3. The minimum Gasteiger partial charge on any atom is -0.342 e. The molecule has 1 fully saturated rings. The molecule has 1 saturated heterocycles. The van der Waals surface area contributed by atoms with E-state index in [0.29, 0.717) is 34.5 Å². The average molecular weight is 494 g/mol. The zero-order valence-corrected chi connectivity index (χ0v) is 19.5. The van der Waals surface area contributed by atoms with E-state index in [1.165, 1.54) is 6.33 Å². The van der Waals surface area contributed by atoms with E-state index >= 15 is 0 Å². The highest BCUT2D eigenvalue weighted by Crippen LogP contribution is 2.41. The quantitative estimate of drug-likeness (QED) is 0.474. The fourth-order valence-corrected chi connectivity index (χ4v) is 4.72. The van der Waals surface area contributed by atoms with Crippen molar-refractivity contribution < 1.29 is 14.3 Å². The van der Waals surface area contributed by atoms with Gasteiger partial charge >= 0.3 is 6.03 Å². The zero-order valence-electron chi connectivity index (χ0n) is 17.1. The molecule has 32 heavy (non-hydrogen) atoms. The highest BCUT2D eigenvalue weighted by atomic mass is 35.5. The molecular formula is C21H21Cl2N5O3S. The first-order valence-electron chi connectivity index (χ1n) is 9.79. The summed E-state index contributed by atoms with van der Waals surface area (Å²) in [6.45, 7) is 0.701. The number of rotatable bonds is 7. The van der Waals surface area contributed by atoms with Gasteiger partial charge in [0.15, 0.2) is 0 Å². The number of halogens is 2. The molecule has 1 aliphatic rings.